The van der Waals surface area contributed by atoms with Crippen molar-refractivity contribution in [2.75, 3.05) is 29.0 Å². The summed E-state index contributed by atoms with van der Waals surface area (Å²) in [5.74, 6) is 1.81. The largest absolute Gasteiger partial charge is 0.397 e. The molecule has 4 nitrogen and oxygen atoms in total. The molecule has 1 aromatic carbocycles. The molecule has 2 heterocycles. The van der Waals surface area contributed by atoms with E-state index in [1.807, 2.05) is 0 Å². The van der Waals surface area contributed by atoms with Crippen LogP contribution in [-0.4, -0.2) is 19.0 Å². The second-order valence-corrected chi connectivity index (χ2v) is 6.47. The van der Waals surface area contributed by atoms with Crippen LogP contribution in [0.2, 0.25) is 0 Å². The zero-order valence-corrected chi connectivity index (χ0v) is 11.7. The number of hydrogen-bond acceptors (Lipinski definition) is 3. The van der Waals surface area contributed by atoms with Gasteiger partial charge in [0.2, 0.25) is 5.91 Å². The molecule has 106 valence electrons. The predicted molar refractivity (Wildman–Crippen MR) is 80.8 cm³/mol. The molecule has 0 bridgehead atoms. The molecule has 3 aliphatic rings. The van der Waals surface area contributed by atoms with Gasteiger partial charge in [0.05, 0.1) is 11.4 Å². The molecule has 2 unspecified atom stereocenters. The second-order valence-electron chi connectivity index (χ2n) is 6.47. The molecule has 1 saturated heterocycles. The van der Waals surface area contributed by atoms with Gasteiger partial charge in [-0.15, -0.1) is 0 Å². The molecule has 0 radical (unpaired) electrons. The van der Waals surface area contributed by atoms with Crippen molar-refractivity contribution in [3.8, 4) is 0 Å². The topological polar surface area (TPSA) is 58.4 Å². The van der Waals surface area contributed by atoms with Gasteiger partial charge >= 0.3 is 0 Å². The number of benzene rings is 1. The number of rotatable bonds is 1. The fourth-order valence-electron chi connectivity index (χ4n) is 4.14. The van der Waals surface area contributed by atoms with Crippen LogP contribution in [0.5, 0.6) is 0 Å². The minimum absolute atomic E-state index is 0.117. The monoisotopic (exact) mass is 271 g/mol. The van der Waals surface area contributed by atoms with Crippen molar-refractivity contribution in [2.24, 2.45) is 11.8 Å². The quantitative estimate of drug-likeness (QED) is 0.771. The third-order valence-electron chi connectivity index (χ3n) is 5.21. The van der Waals surface area contributed by atoms with E-state index in [-0.39, 0.29) is 5.91 Å². The average Bonchev–Trinajstić information content (AvgIpc) is 2.99. The third-order valence-corrected chi connectivity index (χ3v) is 5.21. The van der Waals surface area contributed by atoms with Crippen LogP contribution < -0.4 is 16.0 Å². The summed E-state index contributed by atoms with van der Waals surface area (Å²) in [6, 6.07) is 4.14. The summed E-state index contributed by atoms with van der Waals surface area (Å²) in [6.07, 6.45) is 5.49. The van der Waals surface area contributed by atoms with E-state index < -0.39 is 0 Å². The van der Waals surface area contributed by atoms with E-state index in [2.05, 4.69) is 22.3 Å². The van der Waals surface area contributed by atoms with E-state index >= 15 is 0 Å². The first-order chi connectivity index (χ1) is 9.70. The number of fused-ring (bicyclic) bond motifs is 2. The summed E-state index contributed by atoms with van der Waals surface area (Å²) in [4.78, 5) is 14.0. The van der Waals surface area contributed by atoms with E-state index in [9.17, 15) is 4.79 Å². The first-order valence-electron chi connectivity index (χ1n) is 7.68. The summed E-state index contributed by atoms with van der Waals surface area (Å²) in [5.41, 5.74) is 10.4. The van der Waals surface area contributed by atoms with Crippen LogP contribution in [0, 0.1) is 11.8 Å². The first-order valence-corrected chi connectivity index (χ1v) is 7.68. The van der Waals surface area contributed by atoms with Crippen molar-refractivity contribution in [2.45, 2.75) is 32.1 Å². The van der Waals surface area contributed by atoms with Crippen molar-refractivity contribution in [1.29, 1.82) is 0 Å². The lowest BCUT2D eigenvalue weighted by molar-refractivity contribution is -0.116. The lowest BCUT2D eigenvalue weighted by Crippen LogP contribution is -2.24. The minimum atomic E-state index is 0.117. The molecule has 20 heavy (non-hydrogen) atoms. The zero-order chi connectivity index (χ0) is 13.7. The van der Waals surface area contributed by atoms with Crippen LogP contribution in [0.15, 0.2) is 12.1 Å². The smallest absolute Gasteiger partial charge is 0.224 e. The summed E-state index contributed by atoms with van der Waals surface area (Å²) in [6.45, 7) is 2.25. The summed E-state index contributed by atoms with van der Waals surface area (Å²) >= 11 is 0. The number of carbonyl (C=O) groups excluding carboxylic acids is 1. The van der Waals surface area contributed by atoms with Crippen LogP contribution in [0.25, 0.3) is 0 Å². The molecular weight excluding hydrogens is 250 g/mol. The van der Waals surface area contributed by atoms with Gasteiger partial charge in [0.25, 0.3) is 0 Å². The Kier molecular flexibility index (Phi) is 2.65. The molecule has 0 spiro atoms. The molecule has 1 saturated carbocycles. The first kappa shape index (κ1) is 12.1. The Hall–Kier alpha value is -1.71. The van der Waals surface area contributed by atoms with Gasteiger partial charge in [-0.05, 0) is 48.8 Å². The number of nitrogen functional groups attached to an aromatic ring is 1. The molecule has 0 aromatic heterocycles. The van der Waals surface area contributed by atoms with Crippen LogP contribution in [0.1, 0.15) is 31.2 Å². The SMILES string of the molecule is Nc1cc2c(cc1N1CC3CCCC3C1)NC(=O)CC2. The molecule has 2 fully saturated rings. The maximum atomic E-state index is 11.5. The van der Waals surface area contributed by atoms with Gasteiger partial charge in [-0.25, -0.2) is 0 Å². The third kappa shape index (κ3) is 1.86. The number of aryl methyl sites for hydroxylation is 1. The van der Waals surface area contributed by atoms with Crippen LogP contribution in [-0.2, 0) is 11.2 Å². The Morgan fingerprint density at radius 2 is 1.90 bits per heavy atom. The van der Waals surface area contributed by atoms with E-state index in [4.69, 9.17) is 5.73 Å². The van der Waals surface area contributed by atoms with Crippen molar-refractivity contribution in [3.63, 3.8) is 0 Å². The van der Waals surface area contributed by atoms with Gasteiger partial charge < -0.3 is 16.0 Å². The maximum Gasteiger partial charge on any atom is 0.224 e. The van der Waals surface area contributed by atoms with Crippen LogP contribution in [0.4, 0.5) is 17.1 Å². The summed E-state index contributed by atoms with van der Waals surface area (Å²) in [7, 11) is 0. The number of nitrogens with one attached hydrogen (secondary N) is 1. The highest BCUT2D eigenvalue weighted by molar-refractivity contribution is 5.95. The number of nitrogens with two attached hydrogens (primary N) is 1. The number of carbonyl (C=O) groups is 1. The predicted octanol–water partition coefficient (Wildman–Crippen LogP) is 2.39. The second kappa shape index (κ2) is 4.40. The average molecular weight is 271 g/mol. The highest BCUT2D eigenvalue weighted by Gasteiger charge is 2.36. The molecule has 3 N–H and O–H groups in total. The van der Waals surface area contributed by atoms with E-state index in [0.717, 1.165) is 48.4 Å². The van der Waals surface area contributed by atoms with Gasteiger partial charge in [0, 0.05) is 25.2 Å². The number of anilines is 3. The van der Waals surface area contributed by atoms with Gasteiger partial charge in [0.1, 0.15) is 0 Å². The van der Waals surface area contributed by atoms with Crippen molar-refractivity contribution in [1.82, 2.24) is 0 Å². The number of amides is 1. The Morgan fingerprint density at radius 3 is 2.65 bits per heavy atom. The molecule has 4 rings (SSSR count). The normalized spacial score (nSPS) is 28.2. The van der Waals surface area contributed by atoms with E-state index in [0.29, 0.717) is 6.42 Å². The summed E-state index contributed by atoms with van der Waals surface area (Å²) in [5, 5.41) is 2.98. The zero-order valence-electron chi connectivity index (χ0n) is 11.7. The fraction of sp³-hybridized carbons (Fsp3) is 0.562. The standard InChI is InChI=1S/C16H21N3O/c17-13-6-10-4-5-16(20)18-14(10)7-15(13)19-8-11-2-1-3-12(11)9-19/h6-7,11-12H,1-5,8-9,17H2,(H,18,20). The van der Waals surface area contributed by atoms with Crippen LogP contribution in [0.3, 0.4) is 0 Å². The van der Waals surface area contributed by atoms with Crippen molar-refractivity contribution >= 4 is 23.0 Å². The Labute approximate surface area is 119 Å². The molecule has 1 amide bonds. The molecular formula is C16H21N3O. The molecule has 1 aliphatic carbocycles. The van der Waals surface area contributed by atoms with E-state index in [1.54, 1.807) is 0 Å². The highest BCUT2D eigenvalue weighted by Crippen LogP contribution is 2.42. The van der Waals surface area contributed by atoms with Gasteiger partial charge in [-0.2, -0.15) is 0 Å². The Balaban J connectivity index is 1.65. The van der Waals surface area contributed by atoms with Gasteiger partial charge in [-0.1, -0.05) is 6.42 Å². The van der Waals surface area contributed by atoms with Gasteiger partial charge in [-0.3, -0.25) is 4.79 Å². The highest BCUT2D eigenvalue weighted by atomic mass is 16.1. The lowest BCUT2D eigenvalue weighted by Gasteiger charge is -2.25. The van der Waals surface area contributed by atoms with Crippen LogP contribution >= 0.6 is 0 Å². The molecule has 2 atom stereocenters. The Bertz CT molecular complexity index is 557. The molecule has 1 aromatic rings. The summed E-state index contributed by atoms with van der Waals surface area (Å²) < 4.78 is 0. The number of nitrogens with zero attached hydrogens (tertiary/aromatic N) is 1. The van der Waals surface area contributed by atoms with Crippen molar-refractivity contribution < 1.29 is 4.79 Å². The minimum Gasteiger partial charge on any atom is -0.397 e. The van der Waals surface area contributed by atoms with Crippen molar-refractivity contribution in [3.05, 3.63) is 17.7 Å². The molecule has 4 heteroatoms. The van der Waals surface area contributed by atoms with Gasteiger partial charge in [0.15, 0.2) is 0 Å². The fourth-order valence-corrected chi connectivity index (χ4v) is 4.14. The Morgan fingerprint density at radius 1 is 1.15 bits per heavy atom. The number of hydrogen-bond donors (Lipinski definition) is 2. The lowest BCUT2D eigenvalue weighted by atomic mass is 10.0. The maximum absolute atomic E-state index is 11.5. The van der Waals surface area contributed by atoms with E-state index in [1.165, 1.54) is 24.8 Å². The molecule has 2 aliphatic heterocycles.